The average Bonchev–Trinajstić information content (AvgIpc) is 2.41. The van der Waals surface area contributed by atoms with Crippen LogP contribution in [0.1, 0.15) is 12.5 Å². The molecule has 2 rings (SSSR count). The standard InChI is InChI=1S/C14H15ClN2O2S/c1-2-10-5-3-4-6-13(10)17-20(18,19)14-9-11(15)7-8-12(14)16/h3-9,17H,2,16H2,1H3. The van der Waals surface area contributed by atoms with Crippen molar-refractivity contribution in [3.8, 4) is 0 Å². The molecule has 0 aliphatic rings. The second-order valence-electron chi connectivity index (χ2n) is 4.30. The van der Waals surface area contributed by atoms with Crippen molar-refractivity contribution >= 4 is 33.0 Å². The number of nitrogens with one attached hydrogen (secondary N) is 1. The molecular formula is C14H15ClN2O2S. The van der Waals surface area contributed by atoms with Crippen LogP contribution in [0.3, 0.4) is 0 Å². The van der Waals surface area contributed by atoms with Crippen LogP contribution in [0, 0.1) is 0 Å². The fraction of sp³-hybridized carbons (Fsp3) is 0.143. The molecule has 0 aliphatic heterocycles. The number of aryl methyl sites for hydroxylation is 1. The van der Waals surface area contributed by atoms with E-state index >= 15 is 0 Å². The van der Waals surface area contributed by atoms with Gasteiger partial charge in [-0.15, -0.1) is 0 Å². The van der Waals surface area contributed by atoms with Gasteiger partial charge < -0.3 is 5.73 Å². The SMILES string of the molecule is CCc1ccccc1NS(=O)(=O)c1cc(Cl)ccc1N. The summed E-state index contributed by atoms with van der Waals surface area (Å²) >= 11 is 5.84. The predicted octanol–water partition coefficient (Wildman–Crippen LogP) is 3.29. The van der Waals surface area contributed by atoms with Crippen molar-refractivity contribution in [2.24, 2.45) is 0 Å². The maximum Gasteiger partial charge on any atom is 0.264 e. The van der Waals surface area contributed by atoms with E-state index < -0.39 is 10.0 Å². The molecule has 0 unspecified atom stereocenters. The summed E-state index contributed by atoms with van der Waals surface area (Å²) < 4.78 is 27.3. The number of rotatable bonds is 4. The molecule has 0 amide bonds. The number of hydrogen-bond donors (Lipinski definition) is 2. The summed E-state index contributed by atoms with van der Waals surface area (Å²) in [5, 5.41) is 0.323. The number of sulfonamides is 1. The Morgan fingerprint density at radius 2 is 1.90 bits per heavy atom. The Bertz CT molecular complexity index is 730. The quantitative estimate of drug-likeness (QED) is 0.851. The Morgan fingerprint density at radius 1 is 1.20 bits per heavy atom. The van der Waals surface area contributed by atoms with Gasteiger partial charge in [-0.2, -0.15) is 0 Å². The van der Waals surface area contributed by atoms with Crippen molar-refractivity contribution in [3.63, 3.8) is 0 Å². The summed E-state index contributed by atoms with van der Waals surface area (Å²) in [6.07, 6.45) is 0.726. The van der Waals surface area contributed by atoms with Crippen LogP contribution in [0.25, 0.3) is 0 Å². The van der Waals surface area contributed by atoms with Crippen molar-refractivity contribution < 1.29 is 8.42 Å². The van der Waals surface area contributed by atoms with E-state index in [1.807, 2.05) is 19.1 Å². The minimum atomic E-state index is -3.76. The molecular weight excluding hydrogens is 296 g/mol. The molecule has 6 heteroatoms. The fourth-order valence-electron chi connectivity index (χ4n) is 1.87. The minimum absolute atomic E-state index is 0.0177. The summed E-state index contributed by atoms with van der Waals surface area (Å²) in [5.41, 5.74) is 7.35. The molecule has 0 atom stereocenters. The van der Waals surface area contributed by atoms with Gasteiger partial charge in [0.15, 0.2) is 0 Å². The highest BCUT2D eigenvalue weighted by molar-refractivity contribution is 7.92. The first-order valence-corrected chi connectivity index (χ1v) is 7.96. The Balaban J connectivity index is 2.43. The molecule has 106 valence electrons. The lowest BCUT2D eigenvalue weighted by molar-refractivity contribution is 0.601. The number of anilines is 2. The molecule has 3 N–H and O–H groups in total. The first kappa shape index (κ1) is 14.7. The van der Waals surface area contributed by atoms with E-state index in [2.05, 4.69) is 4.72 Å². The third-order valence-corrected chi connectivity index (χ3v) is 4.56. The first-order valence-electron chi connectivity index (χ1n) is 6.10. The summed E-state index contributed by atoms with van der Waals surface area (Å²) in [6.45, 7) is 1.96. The molecule has 0 heterocycles. The van der Waals surface area contributed by atoms with Gasteiger partial charge >= 0.3 is 0 Å². The number of hydrogen-bond acceptors (Lipinski definition) is 3. The van der Waals surface area contributed by atoms with Gasteiger partial charge in [0.05, 0.1) is 11.4 Å². The number of nitrogens with two attached hydrogens (primary N) is 1. The van der Waals surface area contributed by atoms with E-state index in [4.69, 9.17) is 17.3 Å². The highest BCUT2D eigenvalue weighted by atomic mass is 35.5. The molecule has 20 heavy (non-hydrogen) atoms. The van der Waals surface area contributed by atoms with Crippen LogP contribution in [0.4, 0.5) is 11.4 Å². The second-order valence-corrected chi connectivity index (χ2v) is 6.39. The van der Waals surface area contributed by atoms with E-state index in [9.17, 15) is 8.42 Å². The molecule has 0 saturated carbocycles. The molecule has 0 spiro atoms. The largest absolute Gasteiger partial charge is 0.398 e. The molecule has 2 aromatic rings. The Kier molecular flexibility index (Phi) is 4.20. The molecule has 0 bridgehead atoms. The van der Waals surface area contributed by atoms with Crippen molar-refractivity contribution in [2.45, 2.75) is 18.2 Å². The Morgan fingerprint density at radius 3 is 2.60 bits per heavy atom. The van der Waals surface area contributed by atoms with Crippen LogP contribution in [0.5, 0.6) is 0 Å². The molecule has 0 fully saturated rings. The van der Waals surface area contributed by atoms with Crippen LogP contribution in [0.2, 0.25) is 5.02 Å². The van der Waals surface area contributed by atoms with Crippen molar-refractivity contribution in [3.05, 3.63) is 53.1 Å². The average molecular weight is 311 g/mol. The first-order chi connectivity index (χ1) is 9.44. The third kappa shape index (κ3) is 3.05. The van der Waals surface area contributed by atoms with Gasteiger partial charge in [-0.1, -0.05) is 36.7 Å². The summed E-state index contributed by atoms with van der Waals surface area (Å²) in [6, 6.07) is 11.6. The smallest absolute Gasteiger partial charge is 0.264 e. The molecule has 0 aliphatic carbocycles. The number of halogens is 1. The zero-order chi connectivity index (χ0) is 14.8. The summed E-state index contributed by atoms with van der Waals surface area (Å²) in [7, 11) is -3.76. The fourth-order valence-corrected chi connectivity index (χ4v) is 3.36. The lowest BCUT2D eigenvalue weighted by Gasteiger charge is -2.13. The van der Waals surface area contributed by atoms with Crippen LogP contribution in [0.15, 0.2) is 47.4 Å². The van der Waals surface area contributed by atoms with E-state index in [1.165, 1.54) is 12.1 Å². The van der Waals surface area contributed by atoms with Gasteiger partial charge in [0, 0.05) is 5.02 Å². The highest BCUT2D eigenvalue weighted by Crippen LogP contribution is 2.26. The number of nitrogen functional groups attached to an aromatic ring is 1. The van der Waals surface area contributed by atoms with Crippen molar-refractivity contribution in [1.29, 1.82) is 0 Å². The Hall–Kier alpha value is -1.72. The van der Waals surface area contributed by atoms with Gasteiger partial charge in [0.1, 0.15) is 4.90 Å². The Labute approximate surface area is 123 Å². The van der Waals surface area contributed by atoms with Gasteiger partial charge in [-0.25, -0.2) is 8.42 Å². The summed E-state index contributed by atoms with van der Waals surface area (Å²) in [5.74, 6) is 0. The molecule has 0 aromatic heterocycles. The lowest BCUT2D eigenvalue weighted by Crippen LogP contribution is -2.15. The maximum absolute atomic E-state index is 12.4. The second kappa shape index (κ2) is 5.73. The number of para-hydroxylation sites is 1. The van der Waals surface area contributed by atoms with Crippen molar-refractivity contribution in [2.75, 3.05) is 10.5 Å². The van der Waals surface area contributed by atoms with Crippen LogP contribution in [-0.2, 0) is 16.4 Å². The molecule has 0 radical (unpaired) electrons. The topological polar surface area (TPSA) is 72.2 Å². The molecule has 2 aromatic carbocycles. The zero-order valence-corrected chi connectivity index (χ0v) is 12.5. The summed E-state index contributed by atoms with van der Waals surface area (Å²) in [4.78, 5) is -0.0177. The van der Waals surface area contributed by atoms with Gasteiger partial charge in [0.25, 0.3) is 10.0 Å². The van der Waals surface area contributed by atoms with Crippen LogP contribution < -0.4 is 10.5 Å². The van der Waals surface area contributed by atoms with E-state index in [-0.39, 0.29) is 10.6 Å². The normalized spacial score (nSPS) is 11.3. The van der Waals surface area contributed by atoms with Crippen molar-refractivity contribution in [1.82, 2.24) is 0 Å². The van der Waals surface area contributed by atoms with Crippen LogP contribution >= 0.6 is 11.6 Å². The van der Waals surface area contributed by atoms with E-state index in [0.717, 1.165) is 12.0 Å². The number of benzene rings is 2. The van der Waals surface area contributed by atoms with E-state index in [0.29, 0.717) is 10.7 Å². The zero-order valence-electron chi connectivity index (χ0n) is 10.9. The monoisotopic (exact) mass is 310 g/mol. The minimum Gasteiger partial charge on any atom is -0.398 e. The van der Waals surface area contributed by atoms with Gasteiger partial charge in [-0.3, -0.25) is 4.72 Å². The van der Waals surface area contributed by atoms with Gasteiger partial charge in [0.2, 0.25) is 0 Å². The lowest BCUT2D eigenvalue weighted by atomic mass is 10.1. The molecule has 4 nitrogen and oxygen atoms in total. The highest BCUT2D eigenvalue weighted by Gasteiger charge is 2.19. The maximum atomic E-state index is 12.4. The third-order valence-electron chi connectivity index (χ3n) is 2.91. The van der Waals surface area contributed by atoms with E-state index in [1.54, 1.807) is 18.2 Å². The van der Waals surface area contributed by atoms with Crippen LogP contribution in [-0.4, -0.2) is 8.42 Å². The molecule has 0 saturated heterocycles. The van der Waals surface area contributed by atoms with Gasteiger partial charge in [-0.05, 0) is 36.2 Å². The predicted molar refractivity (Wildman–Crippen MR) is 82.5 cm³/mol.